The summed E-state index contributed by atoms with van der Waals surface area (Å²) in [7, 11) is 1.66. The van der Waals surface area contributed by atoms with Gasteiger partial charge >= 0.3 is 0 Å². The first-order valence-corrected chi connectivity index (χ1v) is 11.3. The first-order chi connectivity index (χ1) is 14.8. The molecule has 4 rings (SSSR count). The number of fused-ring (bicyclic) bond motifs is 1. The van der Waals surface area contributed by atoms with Gasteiger partial charge in [0.2, 0.25) is 5.91 Å². The Labute approximate surface area is 185 Å². The van der Waals surface area contributed by atoms with Crippen molar-refractivity contribution in [3.05, 3.63) is 59.2 Å². The van der Waals surface area contributed by atoms with Crippen LogP contribution >= 0.6 is 0 Å². The second-order valence-electron chi connectivity index (χ2n) is 9.57. The summed E-state index contributed by atoms with van der Waals surface area (Å²) in [6.07, 6.45) is 2.54. The monoisotopic (exact) mass is 422 g/mol. The number of nitrogens with one attached hydrogen (secondary N) is 1. The van der Waals surface area contributed by atoms with E-state index in [4.69, 9.17) is 9.47 Å². The van der Waals surface area contributed by atoms with E-state index in [9.17, 15) is 4.79 Å². The Morgan fingerprint density at radius 3 is 2.55 bits per heavy atom. The highest BCUT2D eigenvalue weighted by Crippen LogP contribution is 2.41. The number of amides is 1. The summed E-state index contributed by atoms with van der Waals surface area (Å²) >= 11 is 0. The van der Waals surface area contributed by atoms with Gasteiger partial charge in [-0.05, 0) is 70.5 Å². The zero-order valence-electron chi connectivity index (χ0n) is 19.1. The minimum atomic E-state index is -0.322. The van der Waals surface area contributed by atoms with Crippen LogP contribution in [0.5, 0.6) is 11.5 Å². The van der Waals surface area contributed by atoms with Crippen molar-refractivity contribution in [1.29, 1.82) is 0 Å². The number of hydrogen-bond donors (Lipinski definition) is 1. The Balaban J connectivity index is 1.37. The van der Waals surface area contributed by atoms with Crippen LogP contribution in [-0.2, 0) is 11.3 Å². The van der Waals surface area contributed by atoms with Crippen molar-refractivity contribution in [3.8, 4) is 11.5 Å². The lowest BCUT2D eigenvalue weighted by Gasteiger charge is -2.39. The molecule has 1 amide bonds. The molecule has 31 heavy (non-hydrogen) atoms. The predicted molar refractivity (Wildman–Crippen MR) is 122 cm³/mol. The highest BCUT2D eigenvalue weighted by atomic mass is 16.5. The third kappa shape index (κ3) is 5.21. The van der Waals surface area contributed by atoms with Crippen LogP contribution in [0.25, 0.3) is 0 Å². The lowest BCUT2D eigenvalue weighted by Crippen LogP contribution is -2.45. The highest BCUT2D eigenvalue weighted by Gasteiger charge is 2.36. The lowest BCUT2D eigenvalue weighted by atomic mass is 9.88. The number of carbonyl (C=O) groups is 1. The molecule has 0 aromatic heterocycles. The van der Waals surface area contributed by atoms with Crippen molar-refractivity contribution in [3.63, 3.8) is 0 Å². The van der Waals surface area contributed by atoms with E-state index < -0.39 is 0 Å². The molecule has 1 saturated heterocycles. The summed E-state index contributed by atoms with van der Waals surface area (Å²) in [5.41, 5.74) is 3.30. The number of hydrogen-bond acceptors (Lipinski definition) is 4. The average molecular weight is 423 g/mol. The molecule has 0 unspecified atom stereocenters. The maximum atomic E-state index is 13.1. The molecule has 2 heterocycles. The molecule has 1 N–H and O–H groups in total. The summed E-state index contributed by atoms with van der Waals surface area (Å²) in [6, 6.07) is 14.5. The molecule has 0 saturated carbocycles. The maximum absolute atomic E-state index is 13.1. The summed E-state index contributed by atoms with van der Waals surface area (Å²) in [5.74, 6) is 1.83. The Bertz CT molecular complexity index is 915. The van der Waals surface area contributed by atoms with E-state index in [1.165, 1.54) is 11.1 Å². The van der Waals surface area contributed by atoms with Gasteiger partial charge in [0.05, 0.1) is 13.2 Å². The van der Waals surface area contributed by atoms with Crippen LogP contribution in [0.3, 0.4) is 0 Å². The molecule has 166 valence electrons. The topological polar surface area (TPSA) is 50.8 Å². The second kappa shape index (κ2) is 8.91. The van der Waals surface area contributed by atoms with E-state index in [2.05, 4.69) is 55.3 Å². The van der Waals surface area contributed by atoms with E-state index in [0.29, 0.717) is 0 Å². The van der Waals surface area contributed by atoms with E-state index in [1.807, 2.05) is 18.2 Å². The van der Waals surface area contributed by atoms with Crippen molar-refractivity contribution in [2.75, 3.05) is 20.2 Å². The van der Waals surface area contributed by atoms with Gasteiger partial charge in [0.1, 0.15) is 17.1 Å². The zero-order chi connectivity index (χ0) is 22.0. The maximum Gasteiger partial charge on any atom is 0.223 e. The van der Waals surface area contributed by atoms with E-state index in [0.717, 1.165) is 56.0 Å². The molecule has 0 spiro atoms. The molecule has 1 atom stereocenters. The number of methoxy groups -OCH3 is 1. The largest absolute Gasteiger partial charge is 0.497 e. The van der Waals surface area contributed by atoms with Gasteiger partial charge in [0, 0.05) is 24.4 Å². The van der Waals surface area contributed by atoms with E-state index >= 15 is 0 Å². The standard InChI is InChI=1S/C26H34N2O3/c1-18-5-7-19(8-6-18)17-28-13-11-20(12-14-28)25(29)27-23-16-26(2,3)31-24-10-9-21(30-4)15-22(23)24/h5-10,15,20,23H,11-14,16-17H2,1-4H3,(H,27,29)/t23-/m0/s1. The number of benzene rings is 2. The fourth-order valence-electron chi connectivity index (χ4n) is 4.68. The normalized spacial score (nSPS) is 21.1. The molecule has 5 nitrogen and oxygen atoms in total. The number of carbonyl (C=O) groups excluding carboxylic acids is 1. The summed E-state index contributed by atoms with van der Waals surface area (Å²) in [6.45, 7) is 9.12. The van der Waals surface area contributed by atoms with Crippen LogP contribution in [-0.4, -0.2) is 36.6 Å². The molecule has 2 aromatic rings. The van der Waals surface area contributed by atoms with Crippen molar-refractivity contribution in [2.45, 2.75) is 58.2 Å². The van der Waals surface area contributed by atoms with Gasteiger partial charge in [-0.25, -0.2) is 0 Å². The van der Waals surface area contributed by atoms with Crippen LogP contribution in [0.4, 0.5) is 0 Å². The molecular formula is C26H34N2O3. The third-order valence-corrected chi connectivity index (χ3v) is 6.48. The fourth-order valence-corrected chi connectivity index (χ4v) is 4.68. The Morgan fingerprint density at radius 2 is 1.87 bits per heavy atom. The Hall–Kier alpha value is -2.53. The smallest absolute Gasteiger partial charge is 0.223 e. The first kappa shape index (κ1) is 21.7. The third-order valence-electron chi connectivity index (χ3n) is 6.48. The Morgan fingerprint density at radius 1 is 1.16 bits per heavy atom. The minimum absolute atomic E-state index is 0.0630. The van der Waals surface area contributed by atoms with Crippen LogP contribution in [0.1, 0.15) is 55.8 Å². The van der Waals surface area contributed by atoms with Crippen LogP contribution in [0.15, 0.2) is 42.5 Å². The average Bonchev–Trinajstić information content (AvgIpc) is 2.75. The quantitative estimate of drug-likeness (QED) is 0.763. The van der Waals surface area contributed by atoms with Crippen LogP contribution < -0.4 is 14.8 Å². The predicted octanol–water partition coefficient (Wildman–Crippen LogP) is 4.63. The Kier molecular flexibility index (Phi) is 6.24. The van der Waals surface area contributed by atoms with E-state index in [-0.39, 0.29) is 23.5 Å². The van der Waals surface area contributed by atoms with Crippen molar-refractivity contribution in [2.24, 2.45) is 5.92 Å². The fraction of sp³-hybridized carbons (Fsp3) is 0.500. The number of piperidine rings is 1. The minimum Gasteiger partial charge on any atom is -0.497 e. The number of aryl methyl sites for hydroxylation is 1. The van der Waals surface area contributed by atoms with Gasteiger partial charge < -0.3 is 14.8 Å². The first-order valence-electron chi connectivity index (χ1n) is 11.3. The molecule has 2 aliphatic heterocycles. The van der Waals surface area contributed by atoms with Crippen LogP contribution in [0, 0.1) is 12.8 Å². The molecule has 2 aliphatic rings. The van der Waals surface area contributed by atoms with Crippen molar-refractivity contribution < 1.29 is 14.3 Å². The van der Waals surface area contributed by atoms with Gasteiger partial charge in [-0.1, -0.05) is 29.8 Å². The second-order valence-corrected chi connectivity index (χ2v) is 9.57. The molecule has 1 fully saturated rings. The number of ether oxygens (including phenoxy) is 2. The highest BCUT2D eigenvalue weighted by molar-refractivity contribution is 5.79. The SMILES string of the molecule is COc1ccc2c(c1)[C@@H](NC(=O)C1CCN(Cc3ccc(C)cc3)CC1)CC(C)(C)O2. The molecular weight excluding hydrogens is 388 g/mol. The number of likely N-dealkylation sites (tertiary alicyclic amines) is 1. The molecule has 0 aliphatic carbocycles. The number of rotatable bonds is 5. The molecule has 2 aromatic carbocycles. The summed E-state index contributed by atoms with van der Waals surface area (Å²) in [5, 5.41) is 3.33. The number of nitrogens with zero attached hydrogens (tertiary/aromatic N) is 1. The van der Waals surface area contributed by atoms with Gasteiger partial charge in [0.25, 0.3) is 0 Å². The van der Waals surface area contributed by atoms with Crippen molar-refractivity contribution >= 4 is 5.91 Å². The molecule has 0 bridgehead atoms. The van der Waals surface area contributed by atoms with Gasteiger partial charge in [0.15, 0.2) is 0 Å². The van der Waals surface area contributed by atoms with Crippen molar-refractivity contribution in [1.82, 2.24) is 10.2 Å². The molecule has 5 heteroatoms. The van der Waals surface area contributed by atoms with Gasteiger partial charge in [-0.3, -0.25) is 9.69 Å². The summed E-state index contributed by atoms with van der Waals surface area (Å²) < 4.78 is 11.5. The van der Waals surface area contributed by atoms with E-state index in [1.54, 1.807) is 7.11 Å². The zero-order valence-corrected chi connectivity index (χ0v) is 19.1. The van der Waals surface area contributed by atoms with Gasteiger partial charge in [-0.2, -0.15) is 0 Å². The molecule has 0 radical (unpaired) electrons. The van der Waals surface area contributed by atoms with Crippen LogP contribution in [0.2, 0.25) is 0 Å². The van der Waals surface area contributed by atoms with Gasteiger partial charge in [-0.15, -0.1) is 0 Å². The summed E-state index contributed by atoms with van der Waals surface area (Å²) in [4.78, 5) is 15.6. The lowest BCUT2D eigenvalue weighted by molar-refractivity contribution is -0.127.